The number of hydrogen-bond donors (Lipinski definition) is 1. The summed E-state index contributed by atoms with van der Waals surface area (Å²) in [5, 5.41) is 0. The zero-order chi connectivity index (χ0) is 17.6. The highest BCUT2D eigenvalue weighted by Gasteiger charge is 2.31. The molecular weight excluding hydrogens is 310 g/mol. The highest BCUT2D eigenvalue weighted by Crippen LogP contribution is 2.31. The summed E-state index contributed by atoms with van der Waals surface area (Å²) in [6.45, 7) is 4.69. The second kappa shape index (κ2) is 8.28. The summed E-state index contributed by atoms with van der Waals surface area (Å²) in [6, 6.07) is 18.8. The molecule has 1 amide bonds. The van der Waals surface area contributed by atoms with Gasteiger partial charge in [-0.15, -0.1) is 0 Å². The fourth-order valence-electron chi connectivity index (χ4n) is 3.60. The predicted octanol–water partition coefficient (Wildman–Crippen LogP) is 2.47. The summed E-state index contributed by atoms with van der Waals surface area (Å²) in [4.78, 5) is 17.1. The van der Waals surface area contributed by atoms with Crippen molar-refractivity contribution in [1.82, 2.24) is 4.90 Å². The monoisotopic (exact) mass is 337 g/mol. The summed E-state index contributed by atoms with van der Waals surface area (Å²) in [5.41, 5.74) is 9.38. The Kier molecular flexibility index (Phi) is 5.84. The molecule has 0 aromatic heterocycles. The molecule has 4 nitrogen and oxygen atoms in total. The first-order valence-corrected chi connectivity index (χ1v) is 9.05. The zero-order valence-electron chi connectivity index (χ0n) is 14.9. The molecule has 1 unspecified atom stereocenters. The van der Waals surface area contributed by atoms with Gasteiger partial charge in [0.15, 0.2) is 0 Å². The molecule has 1 atom stereocenters. The first-order chi connectivity index (χ1) is 12.2. The number of carbonyl (C=O) groups is 1. The molecule has 0 fully saturated rings. The molecule has 1 aliphatic rings. The van der Waals surface area contributed by atoms with E-state index in [0.29, 0.717) is 13.1 Å². The van der Waals surface area contributed by atoms with Gasteiger partial charge in [-0.05, 0) is 37.0 Å². The summed E-state index contributed by atoms with van der Waals surface area (Å²) in [5.74, 6) is 0.166. The SMILES string of the molecule is CC1Cc2ccccc2N1C(=O)CN(CCN)CCc1ccccc1. The summed E-state index contributed by atoms with van der Waals surface area (Å²) < 4.78 is 0. The molecule has 0 spiro atoms. The number of amides is 1. The van der Waals surface area contributed by atoms with E-state index in [1.54, 1.807) is 0 Å². The van der Waals surface area contributed by atoms with Gasteiger partial charge in [-0.3, -0.25) is 9.69 Å². The standard InChI is InChI=1S/C21H27N3O/c1-17-15-19-9-5-6-10-20(19)24(17)21(25)16-23(14-12-22)13-11-18-7-3-2-4-8-18/h2-10,17H,11-16,22H2,1H3. The molecular formula is C21H27N3O. The van der Waals surface area contributed by atoms with Crippen LogP contribution in [-0.2, 0) is 17.6 Å². The van der Waals surface area contributed by atoms with Crippen LogP contribution in [0.15, 0.2) is 54.6 Å². The van der Waals surface area contributed by atoms with Gasteiger partial charge in [0, 0.05) is 31.4 Å². The molecule has 2 aromatic carbocycles. The Morgan fingerprint density at radius 1 is 1.12 bits per heavy atom. The lowest BCUT2D eigenvalue weighted by Crippen LogP contribution is -2.45. The Bertz CT molecular complexity index is 701. The quantitative estimate of drug-likeness (QED) is 0.844. The Morgan fingerprint density at radius 3 is 2.60 bits per heavy atom. The molecule has 25 heavy (non-hydrogen) atoms. The molecule has 0 saturated carbocycles. The number of benzene rings is 2. The average molecular weight is 337 g/mol. The first-order valence-electron chi connectivity index (χ1n) is 9.05. The van der Waals surface area contributed by atoms with Crippen molar-refractivity contribution in [2.45, 2.75) is 25.8 Å². The third-order valence-corrected chi connectivity index (χ3v) is 4.84. The summed E-state index contributed by atoms with van der Waals surface area (Å²) in [7, 11) is 0. The van der Waals surface area contributed by atoms with Gasteiger partial charge in [-0.25, -0.2) is 0 Å². The topological polar surface area (TPSA) is 49.6 Å². The number of nitrogens with zero attached hydrogens (tertiary/aromatic N) is 2. The van der Waals surface area contributed by atoms with E-state index in [2.05, 4.69) is 42.2 Å². The lowest BCUT2D eigenvalue weighted by molar-refractivity contribution is -0.120. The van der Waals surface area contributed by atoms with Crippen LogP contribution < -0.4 is 10.6 Å². The van der Waals surface area contributed by atoms with Crippen LogP contribution in [-0.4, -0.2) is 43.0 Å². The Labute approximate surface area is 150 Å². The van der Waals surface area contributed by atoms with Crippen LogP contribution in [0.2, 0.25) is 0 Å². The Hall–Kier alpha value is -2.17. The second-order valence-electron chi connectivity index (χ2n) is 6.75. The molecule has 3 rings (SSSR count). The second-order valence-corrected chi connectivity index (χ2v) is 6.75. The minimum absolute atomic E-state index is 0.166. The molecule has 2 N–H and O–H groups in total. The van der Waals surface area contributed by atoms with Gasteiger partial charge >= 0.3 is 0 Å². The maximum Gasteiger partial charge on any atom is 0.241 e. The number of rotatable bonds is 7. The van der Waals surface area contributed by atoms with E-state index < -0.39 is 0 Å². The molecule has 0 bridgehead atoms. The highest BCUT2D eigenvalue weighted by molar-refractivity contribution is 5.97. The van der Waals surface area contributed by atoms with E-state index >= 15 is 0 Å². The van der Waals surface area contributed by atoms with E-state index in [1.807, 2.05) is 29.2 Å². The molecule has 2 aromatic rings. The number of hydrogen-bond acceptors (Lipinski definition) is 3. The van der Waals surface area contributed by atoms with Crippen LogP contribution in [0.4, 0.5) is 5.69 Å². The van der Waals surface area contributed by atoms with Crippen molar-refractivity contribution in [2.75, 3.05) is 31.1 Å². The number of para-hydroxylation sites is 1. The molecule has 0 aliphatic carbocycles. The van der Waals surface area contributed by atoms with Crippen LogP contribution >= 0.6 is 0 Å². The van der Waals surface area contributed by atoms with Gasteiger partial charge in [0.25, 0.3) is 0 Å². The number of anilines is 1. The van der Waals surface area contributed by atoms with Crippen molar-refractivity contribution in [2.24, 2.45) is 5.73 Å². The lowest BCUT2D eigenvalue weighted by Gasteiger charge is -2.27. The highest BCUT2D eigenvalue weighted by atomic mass is 16.2. The average Bonchev–Trinajstić information content (AvgIpc) is 2.96. The van der Waals surface area contributed by atoms with Crippen LogP contribution in [0.1, 0.15) is 18.1 Å². The molecule has 4 heteroatoms. The lowest BCUT2D eigenvalue weighted by atomic mass is 10.1. The third kappa shape index (κ3) is 4.27. The van der Waals surface area contributed by atoms with Crippen molar-refractivity contribution in [3.8, 4) is 0 Å². The van der Waals surface area contributed by atoms with Crippen LogP contribution in [0.3, 0.4) is 0 Å². The normalized spacial score (nSPS) is 16.3. The molecule has 0 radical (unpaired) electrons. The smallest absolute Gasteiger partial charge is 0.241 e. The van der Waals surface area contributed by atoms with Crippen LogP contribution in [0.25, 0.3) is 0 Å². The molecule has 1 aliphatic heterocycles. The van der Waals surface area contributed by atoms with Crippen molar-refractivity contribution in [3.63, 3.8) is 0 Å². The van der Waals surface area contributed by atoms with E-state index in [1.165, 1.54) is 11.1 Å². The summed E-state index contributed by atoms with van der Waals surface area (Å²) >= 11 is 0. The van der Waals surface area contributed by atoms with Gasteiger partial charge in [0.2, 0.25) is 5.91 Å². The van der Waals surface area contributed by atoms with Gasteiger partial charge in [0.1, 0.15) is 0 Å². The minimum Gasteiger partial charge on any atom is -0.329 e. The number of nitrogens with two attached hydrogens (primary N) is 1. The number of carbonyl (C=O) groups excluding carboxylic acids is 1. The van der Waals surface area contributed by atoms with Crippen molar-refractivity contribution >= 4 is 11.6 Å². The Morgan fingerprint density at radius 2 is 1.84 bits per heavy atom. The molecule has 132 valence electrons. The summed E-state index contributed by atoms with van der Waals surface area (Å²) in [6.07, 6.45) is 1.86. The fraction of sp³-hybridized carbons (Fsp3) is 0.381. The van der Waals surface area contributed by atoms with Crippen molar-refractivity contribution in [3.05, 3.63) is 65.7 Å². The molecule has 1 heterocycles. The fourth-order valence-corrected chi connectivity index (χ4v) is 3.60. The van der Waals surface area contributed by atoms with Gasteiger partial charge in [-0.1, -0.05) is 48.5 Å². The van der Waals surface area contributed by atoms with Gasteiger partial charge < -0.3 is 10.6 Å². The van der Waals surface area contributed by atoms with E-state index in [0.717, 1.165) is 31.6 Å². The van der Waals surface area contributed by atoms with Crippen molar-refractivity contribution in [1.29, 1.82) is 0 Å². The predicted molar refractivity (Wildman–Crippen MR) is 103 cm³/mol. The van der Waals surface area contributed by atoms with Crippen LogP contribution in [0.5, 0.6) is 0 Å². The van der Waals surface area contributed by atoms with Gasteiger partial charge in [0.05, 0.1) is 6.54 Å². The first kappa shape index (κ1) is 17.6. The Balaban J connectivity index is 1.64. The van der Waals surface area contributed by atoms with E-state index in [-0.39, 0.29) is 11.9 Å². The van der Waals surface area contributed by atoms with Gasteiger partial charge in [-0.2, -0.15) is 0 Å². The third-order valence-electron chi connectivity index (χ3n) is 4.84. The maximum absolute atomic E-state index is 13.0. The van der Waals surface area contributed by atoms with Crippen molar-refractivity contribution < 1.29 is 4.79 Å². The zero-order valence-corrected chi connectivity index (χ0v) is 14.9. The minimum atomic E-state index is 0.166. The maximum atomic E-state index is 13.0. The van der Waals surface area contributed by atoms with E-state index in [4.69, 9.17) is 5.73 Å². The molecule has 0 saturated heterocycles. The number of fused-ring (bicyclic) bond motifs is 1. The largest absolute Gasteiger partial charge is 0.329 e. The van der Waals surface area contributed by atoms with Crippen LogP contribution in [0, 0.1) is 0 Å². The van der Waals surface area contributed by atoms with E-state index in [9.17, 15) is 4.79 Å².